The lowest BCUT2D eigenvalue weighted by atomic mass is 10.1. The maximum absolute atomic E-state index is 12.6. The van der Waals surface area contributed by atoms with Crippen molar-refractivity contribution >= 4 is 16.9 Å². The minimum absolute atomic E-state index is 0.00743. The van der Waals surface area contributed by atoms with Crippen LogP contribution in [0.25, 0.3) is 11.0 Å². The van der Waals surface area contributed by atoms with E-state index in [0.29, 0.717) is 13.0 Å². The van der Waals surface area contributed by atoms with Crippen molar-refractivity contribution in [1.82, 2.24) is 10.2 Å². The quantitative estimate of drug-likeness (QED) is 0.684. The molecule has 4 rings (SSSR count). The first kappa shape index (κ1) is 17.9. The first-order valence-corrected chi connectivity index (χ1v) is 9.77. The second kappa shape index (κ2) is 8.01. The number of fused-ring (bicyclic) bond motifs is 1. The molecule has 27 heavy (non-hydrogen) atoms. The molecule has 0 radical (unpaired) electrons. The van der Waals surface area contributed by atoms with Gasteiger partial charge in [0, 0.05) is 17.5 Å². The minimum atomic E-state index is 0.00743. The van der Waals surface area contributed by atoms with E-state index < -0.39 is 0 Å². The number of hydrogen-bond acceptors (Lipinski definition) is 4. The molecule has 1 atom stereocenters. The standard InChI is InChI=1S/C22H26N2O3/c1-2-16-7-8-18-17(15-27-21(18)12-16)13-22(25)23-14-19(20-6-5-11-26-20)24-9-3-4-10-24/h5-8,11-12,15,19H,2-4,9-10,13-14H2,1H3,(H,23,25). The van der Waals surface area contributed by atoms with Crippen molar-refractivity contribution in [2.75, 3.05) is 19.6 Å². The van der Waals surface area contributed by atoms with E-state index in [-0.39, 0.29) is 11.9 Å². The van der Waals surface area contributed by atoms with Crippen LogP contribution in [0.3, 0.4) is 0 Å². The van der Waals surface area contributed by atoms with Crippen molar-refractivity contribution in [1.29, 1.82) is 0 Å². The highest BCUT2D eigenvalue weighted by Gasteiger charge is 2.26. The molecule has 2 aromatic heterocycles. The van der Waals surface area contributed by atoms with Crippen LogP contribution in [0.4, 0.5) is 0 Å². The summed E-state index contributed by atoms with van der Waals surface area (Å²) in [7, 11) is 0. The van der Waals surface area contributed by atoms with Crippen LogP contribution in [0.1, 0.15) is 42.7 Å². The van der Waals surface area contributed by atoms with Crippen molar-refractivity contribution in [2.24, 2.45) is 0 Å². The molecule has 142 valence electrons. The second-order valence-electron chi connectivity index (χ2n) is 7.20. The SMILES string of the molecule is CCc1ccc2c(CC(=O)NCC(c3ccco3)N3CCCC3)coc2c1. The number of furan rings is 2. The van der Waals surface area contributed by atoms with Crippen LogP contribution < -0.4 is 5.32 Å². The van der Waals surface area contributed by atoms with Crippen LogP contribution in [0.15, 0.2) is 51.7 Å². The van der Waals surface area contributed by atoms with Gasteiger partial charge in [0.1, 0.15) is 11.3 Å². The summed E-state index contributed by atoms with van der Waals surface area (Å²) in [6.07, 6.45) is 7.09. The number of rotatable bonds is 7. The second-order valence-corrected chi connectivity index (χ2v) is 7.20. The van der Waals surface area contributed by atoms with Gasteiger partial charge in [0.2, 0.25) is 5.91 Å². The van der Waals surface area contributed by atoms with E-state index in [1.54, 1.807) is 12.5 Å². The highest BCUT2D eigenvalue weighted by atomic mass is 16.3. The zero-order chi connectivity index (χ0) is 18.6. The number of aryl methyl sites for hydroxylation is 1. The Kier molecular flexibility index (Phi) is 5.30. The number of nitrogens with one attached hydrogen (secondary N) is 1. The predicted molar refractivity (Wildman–Crippen MR) is 105 cm³/mol. The zero-order valence-corrected chi connectivity index (χ0v) is 15.7. The smallest absolute Gasteiger partial charge is 0.224 e. The Bertz CT molecular complexity index is 892. The number of amides is 1. The summed E-state index contributed by atoms with van der Waals surface area (Å²) in [6, 6.07) is 10.2. The molecule has 5 nitrogen and oxygen atoms in total. The summed E-state index contributed by atoms with van der Waals surface area (Å²) in [5.41, 5.74) is 3.02. The highest BCUT2D eigenvalue weighted by Crippen LogP contribution is 2.26. The van der Waals surface area contributed by atoms with Crippen LogP contribution in [0, 0.1) is 0 Å². The van der Waals surface area contributed by atoms with Gasteiger partial charge in [0.25, 0.3) is 0 Å². The van der Waals surface area contributed by atoms with E-state index in [1.165, 1.54) is 18.4 Å². The fourth-order valence-corrected chi connectivity index (χ4v) is 3.87. The van der Waals surface area contributed by atoms with Crippen molar-refractivity contribution < 1.29 is 13.6 Å². The fourth-order valence-electron chi connectivity index (χ4n) is 3.87. The first-order valence-electron chi connectivity index (χ1n) is 9.77. The first-order chi connectivity index (χ1) is 13.2. The van der Waals surface area contributed by atoms with E-state index in [4.69, 9.17) is 8.83 Å². The number of carbonyl (C=O) groups excluding carboxylic acids is 1. The molecule has 1 amide bonds. The lowest BCUT2D eigenvalue weighted by Crippen LogP contribution is -2.37. The molecular formula is C22H26N2O3. The Morgan fingerprint density at radius 2 is 2.07 bits per heavy atom. The molecule has 5 heteroatoms. The Hall–Kier alpha value is -2.53. The van der Waals surface area contributed by atoms with Gasteiger partial charge in [0.15, 0.2) is 0 Å². The van der Waals surface area contributed by atoms with Gasteiger partial charge in [-0.3, -0.25) is 9.69 Å². The molecular weight excluding hydrogens is 340 g/mol. The summed E-state index contributed by atoms with van der Waals surface area (Å²) in [5.74, 6) is 0.922. The van der Waals surface area contributed by atoms with E-state index in [1.807, 2.05) is 12.1 Å². The number of nitrogens with zero attached hydrogens (tertiary/aromatic N) is 1. The lowest BCUT2D eigenvalue weighted by molar-refractivity contribution is -0.120. The molecule has 0 aliphatic carbocycles. The number of benzene rings is 1. The zero-order valence-electron chi connectivity index (χ0n) is 15.7. The molecule has 1 fully saturated rings. The Morgan fingerprint density at radius 1 is 1.22 bits per heavy atom. The number of hydrogen-bond donors (Lipinski definition) is 1. The molecule has 3 heterocycles. The average Bonchev–Trinajstić information content (AvgIpc) is 3.44. The maximum atomic E-state index is 12.6. The summed E-state index contributed by atoms with van der Waals surface area (Å²) in [6.45, 7) is 4.77. The van der Waals surface area contributed by atoms with Crippen LogP contribution in [-0.2, 0) is 17.6 Å². The molecule has 3 aromatic rings. The normalized spacial score (nSPS) is 16.0. The van der Waals surface area contributed by atoms with Crippen LogP contribution in [-0.4, -0.2) is 30.4 Å². The average molecular weight is 366 g/mol. The summed E-state index contributed by atoms with van der Waals surface area (Å²) < 4.78 is 11.3. The summed E-state index contributed by atoms with van der Waals surface area (Å²) in [4.78, 5) is 15.0. The van der Waals surface area contributed by atoms with Crippen LogP contribution >= 0.6 is 0 Å². The van der Waals surface area contributed by atoms with Gasteiger partial charge in [-0.15, -0.1) is 0 Å². The molecule has 0 spiro atoms. The molecule has 1 saturated heterocycles. The van der Waals surface area contributed by atoms with Gasteiger partial charge in [-0.2, -0.15) is 0 Å². The molecule has 1 unspecified atom stereocenters. The van der Waals surface area contributed by atoms with Crippen LogP contribution in [0.2, 0.25) is 0 Å². The van der Waals surface area contributed by atoms with Gasteiger partial charge in [-0.1, -0.05) is 19.1 Å². The largest absolute Gasteiger partial charge is 0.468 e. The topological polar surface area (TPSA) is 58.6 Å². The monoisotopic (exact) mass is 366 g/mol. The summed E-state index contributed by atoms with van der Waals surface area (Å²) >= 11 is 0. The molecule has 0 saturated carbocycles. The third-order valence-electron chi connectivity index (χ3n) is 5.42. The van der Waals surface area contributed by atoms with Gasteiger partial charge in [-0.25, -0.2) is 0 Å². The third kappa shape index (κ3) is 3.93. The molecule has 1 aliphatic heterocycles. The van der Waals surface area contributed by atoms with Crippen LogP contribution in [0.5, 0.6) is 0 Å². The van der Waals surface area contributed by atoms with Gasteiger partial charge in [0.05, 0.1) is 25.0 Å². The number of carbonyl (C=O) groups is 1. The highest BCUT2D eigenvalue weighted by molar-refractivity contribution is 5.87. The van der Waals surface area contributed by atoms with Crippen molar-refractivity contribution in [2.45, 2.75) is 38.6 Å². The fraction of sp³-hybridized carbons (Fsp3) is 0.409. The van der Waals surface area contributed by atoms with Crippen molar-refractivity contribution in [3.05, 3.63) is 59.7 Å². The molecule has 0 bridgehead atoms. The molecule has 1 aliphatic rings. The third-order valence-corrected chi connectivity index (χ3v) is 5.42. The molecule has 1 N–H and O–H groups in total. The lowest BCUT2D eigenvalue weighted by Gasteiger charge is -2.26. The van der Waals surface area contributed by atoms with E-state index >= 15 is 0 Å². The van der Waals surface area contributed by atoms with Crippen molar-refractivity contribution in [3.8, 4) is 0 Å². The van der Waals surface area contributed by atoms with E-state index in [2.05, 4.69) is 35.3 Å². The van der Waals surface area contributed by atoms with Crippen molar-refractivity contribution in [3.63, 3.8) is 0 Å². The Labute approximate surface area is 159 Å². The maximum Gasteiger partial charge on any atom is 0.224 e. The molecule has 1 aromatic carbocycles. The Morgan fingerprint density at radius 3 is 2.81 bits per heavy atom. The number of likely N-dealkylation sites (tertiary alicyclic amines) is 1. The van der Waals surface area contributed by atoms with Gasteiger partial charge in [-0.05, 0) is 56.1 Å². The predicted octanol–water partition coefficient (Wildman–Crippen LogP) is 4.08. The van der Waals surface area contributed by atoms with Gasteiger partial charge < -0.3 is 14.2 Å². The Balaban J connectivity index is 1.41. The van der Waals surface area contributed by atoms with E-state index in [0.717, 1.165) is 41.8 Å². The minimum Gasteiger partial charge on any atom is -0.468 e. The van der Waals surface area contributed by atoms with Gasteiger partial charge >= 0.3 is 0 Å². The summed E-state index contributed by atoms with van der Waals surface area (Å²) in [5, 5.41) is 4.11. The van der Waals surface area contributed by atoms with E-state index in [9.17, 15) is 4.79 Å².